The van der Waals surface area contributed by atoms with Gasteiger partial charge in [-0.2, -0.15) is 0 Å². The summed E-state index contributed by atoms with van der Waals surface area (Å²) in [6.45, 7) is 2.28. The summed E-state index contributed by atoms with van der Waals surface area (Å²) in [5.74, 6) is 1.87. The molecule has 2 N–H and O–H groups in total. The van der Waals surface area contributed by atoms with Crippen molar-refractivity contribution in [3.05, 3.63) is 0 Å². The van der Waals surface area contributed by atoms with Gasteiger partial charge in [0, 0.05) is 24.5 Å². The van der Waals surface area contributed by atoms with Crippen molar-refractivity contribution in [2.45, 2.75) is 102 Å². The molecule has 134 valence electrons. The molecule has 3 nitrogen and oxygen atoms in total. The molecule has 2 saturated heterocycles. The highest BCUT2D eigenvalue weighted by Crippen LogP contribution is 2.33. The number of carbonyl (C=O) groups is 1. The van der Waals surface area contributed by atoms with Gasteiger partial charge in [-0.1, -0.05) is 26.2 Å². The molecule has 1 aliphatic carbocycles. The van der Waals surface area contributed by atoms with E-state index in [0.29, 0.717) is 30.0 Å². The minimum absolute atomic E-state index is 0. The Labute approximate surface area is 148 Å². The number of carbonyl (C=O) groups excluding carboxylic acids is 1. The summed E-state index contributed by atoms with van der Waals surface area (Å²) in [5.41, 5.74) is 0. The lowest BCUT2D eigenvalue weighted by Gasteiger charge is -2.31. The van der Waals surface area contributed by atoms with Gasteiger partial charge in [-0.05, 0) is 63.2 Å². The minimum Gasteiger partial charge on any atom is -0.353 e. The van der Waals surface area contributed by atoms with Crippen LogP contribution in [0.1, 0.15) is 84.0 Å². The van der Waals surface area contributed by atoms with E-state index in [-0.39, 0.29) is 12.4 Å². The Morgan fingerprint density at radius 2 is 1.65 bits per heavy atom. The van der Waals surface area contributed by atoms with Crippen LogP contribution in [0.3, 0.4) is 0 Å². The second kappa shape index (κ2) is 9.27. The Morgan fingerprint density at radius 1 is 1.00 bits per heavy atom. The summed E-state index contributed by atoms with van der Waals surface area (Å²) < 4.78 is 0. The van der Waals surface area contributed by atoms with E-state index in [1.807, 2.05) is 0 Å². The van der Waals surface area contributed by atoms with Crippen LogP contribution in [0.25, 0.3) is 0 Å². The highest BCUT2D eigenvalue weighted by atomic mass is 35.5. The van der Waals surface area contributed by atoms with Gasteiger partial charge >= 0.3 is 0 Å². The Hall–Kier alpha value is -0.280. The first-order chi connectivity index (χ1) is 10.7. The van der Waals surface area contributed by atoms with E-state index < -0.39 is 0 Å². The van der Waals surface area contributed by atoms with Crippen molar-refractivity contribution >= 4 is 18.3 Å². The van der Waals surface area contributed by atoms with Crippen molar-refractivity contribution in [3.63, 3.8) is 0 Å². The lowest BCUT2D eigenvalue weighted by atomic mass is 9.83. The molecule has 0 radical (unpaired) electrons. The van der Waals surface area contributed by atoms with Gasteiger partial charge < -0.3 is 10.6 Å². The van der Waals surface area contributed by atoms with Crippen LogP contribution in [-0.2, 0) is 4.79 Å². The Kier molecular flexibility index (Phi) is 7.68. The first-order valence-corrected chi connectivity index (χ1v) is 9.78. The van der Waals surface area contributed by atoms with E-state index in [9.17, 15) is 4.79 Å². The third-order valence-electron chi connectivity index (χ3n) is 6.22. The van der Waals surface area contributed by atoms with Gasteiger partial charge in [0.2, 0.25) is 5.91 Å². The zero-order valence-electron chi connectivity index (χ0n) is 14.7. The summed E-state index contributed by atoms with van der Waals surface area (Å²) >= 11 is 0. The molecule has 0 aromatic rings. The largest absolute Gasteiger partial charge is 0.353 e. The maximum absolute atomic E-state index is 12.3. The molecule has 4 heteroatoms. The van der Waals surface area contributed by atoms with Gasteiger partial charge in [-0.15, -0.1) is 12.4 Å². The van der Waals surface area contributed by atoms with Crippen LogP contribution in [0, 0.1) is 11.8 Å². The normalized spacial score (nSPS) is 36.3. The van der Waals surface area contributed by atoms with Gasteiger partial charge in [0.15, 0.2) is 0 Å². The number of nitrogens with one attached hydrogen (secondary N) is 2. The van der Waals surface area contributed by atoms with Crippen LogP contribution in [0.5, 0.6) is 0 Å². The lowest BCUT2D eigenvalue weighted by Crippen LogP contribution is -2.42. The molecule has 0 aromatic carbocycles. The van der Waals surface area contributed by atoms with Crippen LogP contribution in [0.15, 0.2) is 0 Å². The molecule has 3 rings (SSSR count). The van der Waals surface area contributed by atoms with E-state index in [2.05, 4.69) is 17.6 Å². The van der Waals surface area contributed by atoms with Gasteiger partial charge in [-0.25, -0.2) is 0 Å². The number of rotatable bonds is 6. The maximum atomic E-state index is 12.3. The second-order valence-corrected chi connectivity index (χ2v) is 8.11. The number of hydrogen-bond donors (Lipinski definition) is 2. The number of fused-ring (bicyclic) bond motifs is 2. The quantitative estimate of drug-likeness (QED) is 0.759. The molecular formula is C19H35ClN2O. The first-order valence-electron chi connectivity index (χ1n) is 9.78. The molecule has 2 aliphatic heterocycles. The van der Waals surface area contributed by atoms with Crippen LogP contribution < -0.4 is 10.6 Å². The summed E-state index contributed by atoms with van der Waals surface area (Å²) in [6.07, 6.45) is 15.0. The van der Waals surface area contributed by atoms with E-state index in [0.717, 1.165) is 12.3 Å². The highest BCUT2D eigenvalue weighted by Gasteiger charge is 2.34. The van der Waals surface area contributed by atoms with Crippen molar-refractivity contribution in [1.29, 1.82) is 0 Å². The third-order valence-corrected chi connectivity index (χ3v) is 6.22. The first kappa shape index (κ1) is 19.1. The number of hydrogen-bond acceptors (Lipinski definition) is 2. The molecule has 2 unspecified atom stereocenters. The lowest BCUT2D eigenvalue weighted by molar-refractivity contribution is -0.123. The molecule has 0 aromatic heterocycles. The number of unbranched alkanes of at least 4 members (excludes halogenated alkanes) is 1. The van der Waals surface area contributed by atoms with Crippen molar-refractivity contribution in [2.75, 3.05) is 0 Å². The minimum atomic E-state index is 0. The van der Waals surface area contributed by atoms with Gasteiger partial charge in [0.25, 0.3) is 0 Å². The average molecular weight is 343 g/mol. The predicted molar refractivity (Wildman–Crippen MR) is 97.9 cm³/mol. The topological polar surface area (TPSA) is 41.1 Å². The predicted octanol–water partition coefficient (Wildman–Crippen LogP) is 4.19. The average Bonchev–Trinajstić information content (AvgIpc) is 2.85. The van der Waals surface area contributed by atoms with Gasteiger partial charge in [-0.3, -0.25) is 4.79 Å². The molecule has 1 saturated carbocycles. The molecule has 2 bridgehead atoms. The number of amides is 1. The highest BCUT2D eigenvalue weighted by molar-refractivity contribution is 5.85. The summed E-state index contributed by atoms with van der Waals surface area (Å²) in [4.78, 5) is 12.3. The molecule has 1 amide bonds. The zero-order chi connectivity index (χ0) is 15.4. The van der Waals surface area contributed by atoms with Crippen molar-refractivity contribution in [3.8, 4) is 0 Å². The van der Waals surface area contributed by atoms with E-state index in [4.69, 9.17) is 0 Å². The number of piperidine rings is 1. The molecule has 2 atom stereocenters. The fourth-order valence-electron chi connectivity index (χ4n) is 4.98. The van der Waals surface area contributed by atoms with E-state index in [1.165, 1.54) is 70.6 Å². The summed E-state index contributed by atoms with van der Waals surface area (Å²) in [5, 5.41) is 7.00. The monoisotopic (exact) mass is 342 g/mol. The van der Waals surface area contributed by atoms with Crippen molar-refractivity contribution < 1.29 is 4.79 Å². The molecule has 3 aliphatic rings. The SMILES string of the molecule is CCCCC1CCC(NC(=O)CC2CC3CCC(C2)N3)CC1.Cl. The van der Waals surface area contributed by atoms with E-state index in [1.54, 1.807) is 0 Å². The Morgan fingerprint density at radius 3 is 2.26 bits per heavy atom. The smallest absolute Gasteiger partial charge is 0.220 e. The maximum Gasteiger partial charge on any atom is 0.220 e. The Balaban J connectivity index is 0.00000192. The van der Waals surface area contributed by atoms with Crippen LogP contribution in [0.2, 0.25) is 0 Å². The Bertz CT molecular complexity index is 356. The van der Waals surface area contributed by atoms with Crippen LogP contribution >= 0.6 is 12.4 Å². The number of halogens is 1. The van der Waals surface area contributed by atoms with Crippen LogP contribution in [0.4, 0.5) is 0 Å². The van der Waals surface area contributed by atoms with Gasteiger partial charge in [0.1, 0.15) is 0 Å². The second-order valence-electron chi connectivity index (χ2n) is 8.11. The molecule has 3 fully saturated rings. The summed E-state index contributed by atoms with van der Waals surface area (Å²) in [7, 11) is 0. The third kappa shape index (κ3) is 5.63. The fraction of sp³-hybridized carbons (Fsp3) is 0.947. The standard InChI is InChI=1S/C19H34N2O.ClH/c1-2-3-4-14-5-7-16(8-6-14)21-19(22)13-15-11-17-9-10-18(12-15)20-17;/h14-18,20H,2-13H2,1H3,(H,21,22);1H. The molecular weight excluding hydrogens is 308 g/mol. The molecule has 0 spiro atoms. The van der Waals surface area contributed by atoms with Gasteiger partial charge in [0.05, 0.1) is 0 Å². The van der Waals surface area contributed by atoms with Crippen LogP contribution in [-0.4, -0.2) is 24.0 Å². The zero-order valence-corrected chi connectivity index (χ0v) is 15.5. The van der Waals surface area contributed by atoms with E-state index >= 15 is 0 Å². The molecule has 23 heavy (non-hydrogen) atoms. The molecule has 2 heterocycles. The van der Waals surface area contributed by atoms with Crippen molar-refractivity contribution in [2.24, 2.45) is 11.8 Å². The fourth-order valence-corrected chi connectivity index (χ4v) is 4.98. The summed E-state index contributed by atoms with van der Waals surface area (Å²) in [6, 6.07) is 1.86. The van der Waals surface area contributed by atoms with Crippen molar-refractivity contribution in [1.82, 2.24) is 10.6 Å².